The van der Waals surface area contributed by atoms with Crippen LogP contribution in [0.25, 0.3) is 0 Å². The van der Waals surface area contributed by atoms with Gasteiger partial charge < -0.3 is 5.73 Å². The molecule has 2 nitrogen and oxygen atoms in total. The number of nitrogens with zero attached hydrogens (tertiary/aromatic N) is 1. The molecule has 1 saturated heterocycles. The van der Waals surface area contributed by atoms with Crippen molar-refractivity contribution in [2.24, 2.45) is 29.4 Å². The van der Waals surface area contributed by atoms with Crippen LogP contribution in [0.15, 0.2) is 0 Å². The van der Waals surface area contributed by atoms with Crippen LogP contribution in [-0.4, -0.2) is 30.1 Å². The van der Waals surface area contributed by atoms with Gasteiger partial charge in [-0.3, -0.25) is 4.90 Å². The number of hydrogen-bond acceptors (Lipinski definition) is 2. The van der Waals surface area contributed by atoms with Crippen LogP contribution in [0.2, 0.25) is 0 Å². The highest BCUT2D eigenvalue weighted by molar-refractivity contribution is 5.13. The topological polar surface area (TPSA) is 29.3 Å². The first-order valence-electron chi connectivity index (χ1n) is 7.78. The van der Waals surface area contributed by atoms with Crippen molar-refractivity contribution in [1.82, 2.24) is 4.90 Å². The predicted molar refractivity (Wildman–Crippen MR) is 69.6 cm³/mol. The van der Waals surface area contributed by atoms with Gasteiger partial charge in [-0.1, -0.05) is 0 Å². The SMILES string of the molecule is NCCN1CCCC12[C@H]1C[C@H]3C[C@H](C1)C[C@H]2C3. The van der Waals surface area contributed by atoms with Gasteiger partial charge in [0.05, 0.1) is 0 Å². The summed E-state index contributed by atoms with van der Waals surface area (Å²) in [5.74, 6) is 4.27. The van der Waals surface area contributed by atoms with E-state index in [1.807, 2.05) is 0 Å². The van der Waals surface area contributed by atoms with E-state index >= 15 is 0 Å². The Labute approximate surface area is 105 Å². The Morgan fingerprint density at radius 1 is 1.00 bits per heavy atom. The summed E-state index contributed by atoms with van der Waals surface area (Å²) in [5, 5.41) is 0. The van der Waals surface area contributed by atoms with Crippen LogP contribution in [0, 0.1) is 23.7 Å². The van der Waals surface area contributed by atoms with E-state index in [-0.39, 0.29) is 0 Å². The molecule has 2 N–H and O–H groups in total. The molecular weight excluding hydrogens is 208 g/mol. The molecule has 1 heterocycles. The third kappa shape index (κ3) is 1.34. The lowest BCUT2D eigenvalue weighted by Gasteiger charge is -2.63. The van der Waals surface area contributed by atoms with Gasteiger partial charge in [-0.2, -0.15) is 0 Å². The normalized spacial score (nSPS) is 52.8. The lowest BCUT2D eigenvalue weighted by molar-refractivity contribution is -0.118. The molecule has 0 unspecified atom stereocenters. The maximum atomic E-state index is 5.84. The highest BCUT2D eigenvalue weighted by atomic mass is 15.2. The number of hydrogen-bond donors (Lipinski definition) is 1. The fourth-order valence-electron chi connectivity index (χ4n) is 6.32. The quantitative estimate of drug-likeness (QED) is 0.794. The summed E-state index contributed by atoms with van der Waals surface area (Å²) in [6, 6.07) is 0. The van der Waals surface area contributed by atoms with Gasteiger partial charge in [-0.25, -0.2) is 0 Å². The van der Waals surface area contributed by atoms with E-state index < -0.39 is 0 Å². The van der Waals surface area contributed by atoms with Gasteiger partial charge in [0.25, 0.3) is 0 Å². The second kappa shape index (κ2) is 3.71. The van der Waals surface area contributed by atoms with Crippen LogP contribution in [0.3, 0.4) is 0 Å². The molecule has 96 valence electrons. The van der Waals surface area contributed by atoms with E-state index in [1.54, 1.807) is 32.1 Å². The summed E-state index contributed by atoms with van der Waals surface area (Å²) in [5.41, 5.74) is 6.46. The van der Waals surface area contributed by atoms with Crippen LogP contribution in [0.1, 0.15) is 44.9 Å². The molecule has 4 aliphatic carbocycles. The molecule has 0 radical (unpaired) electrons. The Morgan fingerprint density at radius 2 is 1.65 bits per heavy atom. The molecule has 1 aliphatic heterocycles. The molecule has 0 atom stereocenters. The number of nitrogens with two attached hydrogens (primary N) is 1. The highest BCUT2D eigenvalue weighted by Crippen LogP contribution is 2.62. The second-order valence-corrected chi connectivity index (χ2v) is 7.17. The van der Waals surface area contributed by atoms with Crippen LogP contribution in [-0.2, 0) is 0 Å². The van der Waals surface area contributed by atoms with Crippen molar-refractivity contribution >= 4 is 0 Å². The monoisotopic (exact) mass is 234 g/mol. The Balaban J connectivity index is 1.68. The summed E-state index contributed by atoms with van der Waals surface area (Å²) >= 11 is 0. The lowest BCUT2D eigenvalue weighted by Crippen LogP contribution is -2.64. The van der Waals surface area contributed by atoms with Crippen molar-refractivity contribution in [2.75, 3.05) is 19.6 Å². The largest absolute Gasteiger partial charge is 0.329 e. The standard InChI is InChI=1S/C15H26N2/c16-3-5-17-4-1-2-15(17)13-7-11-6-12(9-13)10-14(15)8-11/h11-14H,1-10,16H2/t11-,12-,13-,14+,15?. The molecule has 2 heteroatoms. The third-order valence-corrected chi connectivity index (χ3v) is 6.55. The lowest BCUT2D eigenvalue weighted by atomic mass is 9.48. The maximum absolute atomic E-state index is 5.84. The molecule has 5 rings (SSSR count). The first-order chi connectivity index (χ1) is 8.33. The number of rotatable bonds is 2. The van der Waals surface area contributed by atoms with E-state index in [1.165, 1.54) is 19.4 Å². The summed E-state index contributed by atoms with van der Waals surface area (Å²) in [6.45, 7) is 3.34. The third-order valence-electron chi connectivity index (χ3n) is 6.55. The van der Waals surface area contributed by atoms with Crippen molar-refractivity contribution in [2.45, 2.75) is 50.5 Å². The molecule has 4 saturated carbocycles. The molecule has 4 bridgehead atoms. The number of likely N-dealkylation sites (tertiary alicyclic amines) is 1. The van der Waals surface area contributed by atoms with Crippen molar-refractivity contribution in [1.29, 1.82) is 0 Å². The van der Waals surface area contributed by atoms with E-state index in [2.05, 4.69) is 4.90 Å². The summed E-state index contributed by atoms with van der Waals surface area (Å²) in [4.78, 5) is 2.82. The van der Waals surface area contributed by atoms with Crippen molar-refractivity contribution < 1.29 is 0 Å². The zero-order valence-corrected chi connectivity index (χ0v) is 10.9. The van der Waals surface area contributed by atoms with Gasteiger partial charge in [-0.15, -0.1) is 0 Å². The Kier molecular flexibility index (Phi) is 2.36. The summed E-state index contributed by atoms with van der Waals surface area (Å²) in [7, 11) is 0. The van der Waals surface area contributed by atoms with E-state index in [4.69, 9.17) is 5.73 Å². The minimum absolute atomic E-state index is 0.618. The molecule has 5 fully saturated rings. The molecule has 0 aromatic heterocycles. The van der Waals surface area contributed by atoms with Gasteiger partial charge in [0.1, 0.15) is 0 Å². The average Bonchev–Trinajstić information content (AvgIpc) is 2.70. The molecule has 0 amide bonds. The van der Waals surface area contributed by atoms with Crippen LogP contribution >= 0.6 is 0 Å². The molecular formula is C15H26N2. The Hall–Kier alpha value is -0.0800. The fourth-order valence-corrected chi connectivity index (χ4v) is 6.32. The minimum atomic E-state index is 0.618. The van der Waals surface area contributed by atoms with Crippen LogP contribution in [0.4, 0.5) is 0 Å². The fraction of sp³-hybridized carbons (Fsp3) is 1.00. The first-order valence-corrected chi connectivity index (χ1v) is 7.78. The minimum Gasteiger partial charge on any atom is -0.329 e. The highest BCUT2D eigenvalue weighted by Gasteiger charge is 2.60. The molecule has 5 aliphatic rings. The summed E-state index contributed by atoms with van der Waals surface area (Å²) < 4.78 is 0. The first kappa shape index (κ1) is 10.8. The van der Waals surface area contributed by atoms with E-state index in [0.29, 0.717) is 5.54 Å². The zero-order chi connectivity index (χ0) is 11.5. The van der Waals surface area contributed by atoms with Crippen molar-refractivity contribution in [3.8, 4) is 0 Å². The van der Waals surface area contributed by atoms with Gasteiger partial charge in [0.15, 0.2) is 0 Å². The molecule has 1 spiro atoms. The Morgan fingerprint density at radius 3 is 2.24 bits per heavy atom. The van der Waals surface area contributed by atoms with Gasteiger partial charge in [0.2, 0.25) is 0 Å². The Bertz CT molecular complexity index is 284. The average molecular weight is 234 g/mol. The molecule has 0 aromatic carbocycles. The zero-order valence-electron chi connectivity index (χ0n) is 10.9. The second-order valence-electron chi connectivity index (χ2n) is 7.17. The smallest absolute Gasteiger partial charge is 0.0267 e. The maximum Gasteiger partial charge on any atom is 0.0267 e. The van der Waals surface area contributed by atoms with Crippen LogP contribution in [0.5, 0.6) is 0 Å². The van der Waals surface area contributed by atoms with Gasteiger partial charge in [-0.05, 0) is 75.2 Å². The van der Waals surface area contributed by atoms with E-state index in [0.717, 1.165) is 36.8 Å². The van der Waals surface area contributed by atoms with Gasteiger partial charge >= 0.3 is 0 Å². The molecule has 17 heavy (non-hydrogen) atoms. The molecule has 0 aromatic rings. The van der Waals surface area contributed by atoms with E-state index in [9.17, 15) is 0 Å². The summed E-state index contributed by atoms with van der Waals surface area (Å²) in [6.07, 6.45) is 10.7. The van der Waals surface area contributed by atoms with Crippen LogP contribution < -0.4 is 5.73 Å². The predicted octanol–water partition coefficient (Wildman–Crippen LogP) is 2.24. The van der Waals surface area contributed by atoms with Crippen molar-refractivity contribution in [3.05, 3.63) is 0 Å². The van der Waals surface area contributed by atoms with Crippen molar-refractivity contribution in [3.63, 3.8) is 0 Å². The van der Waals surface area contributed by atoms with Gasteiger partial charge in [0, 0.05) is 18.6 Å².